The Bertz CT molecular complexity index is 787. The lowest BCUT2D eigenvalue weighted by Gasteiger charge is -2.06. The van der Waals surface area contributed by atoms with Crippen molar-refractivity contribution in [2.45, 2.75) is 18.2 Å². The monoisotopic (exact) mass is 307 g/mol. The van der Waals surface area contributed by atoms with Gasteiger partial charge in [0.1, 0.15) is 4.90 Å². The molecule has 0 unspecified atom stereocenters. The van der Waals surface area contributed by atoms with Crippen molar-refractivity contribution in [3.63, 3.8) is 0 Å². The molecule has 1 aromatic carbocycles. The van der Waals surface area contributed by atoms with Crippen molar-refractivity contribution in [2.24, 2.45) is 0 Å². The van der Waals surface area contributed by atoms with Crippen molar-refractivity contribution in [1.82, 2.24) is 10.2 Å². The van der Waals surface area contributed by atoms with Gasteiger partial charge in [0.05, 0.1) is 6.61 Å². The Morgan fingerprint density at radius 3 is 2.76 bits per heavy atom. The number of nitrogens with one attached hydrogen (secondary N) is 1. The van der Waals surface area contributed by atoms with Crippen molar-refractivity contribution in [3.05, 3.63) is 35.7 Å². The van der Waals surface area contributed by atoms with Gasteiger partial charge in [-0.2, -0.15) is 0 Å². The van der Waals surface area contributed by atoms with Gasteiger partial charge in [-0.3, -0.25) is 0 Å². The second kappa shape index (κ2) is 6.39. The summed E-state index contributed by atoms with van der Waals surface area (Å²) < 4.78 is 31.8. The van der Waals surface area contributed by atoms with Crippen LogP contribution >= 0.6 is 0 Å². The zero-order valence-electron chi connectivity index (χ0n) is 11.2. The van der Waals surface area contributed by atoms with Gasteiger partial charge in [-0.15, -0.1) is 5.10 Å². The minimum Gasteiger partial charge on any atom is -0.408 e. The number of aromatic nitrogens is 2. The van der Waals surface area contributed by atoms with E-state index in [2.05, 4.69) is 26.8 Å². The molecule has 110 valence electrons. The summed E-state index contributed by atoms with van der Waals surface area (Å²) in [6.45, 7) is 1.47. The molecule has 2 aromatic rings. The minimum atomic E-state index is -3.88. The maximum absolute atomic E-state index is 12.3. The maximum atomic E-state index is 12.3. The van der Waals surface area contributed by atoms with E-state index in [0.29, 0.717) is 5.56 Å². The average Bonchev–Trinajstić information content (AvgIpc) is 2.84. The Morgan fingerprint density at radius 2 is 2.10 bits per heavy atom. The second-order valence-corrected chi connectivity index (χ2v) is 5.65. The summed E-state index contributed by atoms with van der Waals surface area (Å²) in [5.74, 6) is 5.66. The molecule has 0 bridgehead atoms. The third-order valence-electron chi connectivity index (χ3n) is 2.38. The minimum absolute atomic E-state index is 0.00583. The molecule has 0 radical (unpaired) electrons. The lowest BCUT2D eigenvalue weighted by Crippen LogP contribution is -2.14. The molecule has 0 aliphatic carbocycles. The predicted molar refractivity (Wildman–Crippen MR) is 74.9 cm³/mol. The quantitative estimate of drug-likeness (QED) is 0.813. The lowest BCUT2D eigenvalue weighted by molar-refractivity contribution is 0.305. The van der Waals surface area contributed by atoms with Crippen LogP contribution in [0.2, 0.25) is 0 Å². The van der Waals surface area contributed by atoms with E-state index in [9.17, 15) is 8.42 Å². The van der Waals surface area contributed by atoms with E-state index in [1.54, 1.807) is 25.1 Å². The molecule has 1 aromatic heterocycles. The van der Waals surface area contributed by atoms with Crippen LogP contribution in [0.5, 0.6) is 0 Å². The number of aliphatic hydroxyl groups is 1. The summed E-state index contributed by atoms with van der Waals surface area (Å²) in [5.41, 5.74) is 0.328. The molecule has 8 heteroatoms. The number of sulfonamides is 1. The SMILES string of the molecule is Cc1nnc(NS(=O)(=O)c2ccccc2C#CCCO)o1. The van der Waals surface area contributed by atoms with Crippen molar-refractivity contribution >= 4 is 16.0 Å². The van der Waals surface area contributed by atoms with Crippen LogP contribution in [0.1, 0.15) is 17.9 Å². The highest BCUT2D eigenvalue weighted by molar-refractivity contribution is 7.92. The highest BCUT2D eigenvalue weighted by atomic mass is 32.2. The van der Waals surface area contributed by atoms with Crippen LogP contribution in [0, 0.1) is 18.8 Å². The van der Waals surface area contributed by atoms with Gasteiger partial charge < -0.3 is 9.52 Å². The summed E-state index contributed by atoms with van der Waals surface area (Å²) >= 11 is 0. The molecule has 1 heterocycles. The molecule has 0 atom stereocenters. The topological polar surface area (TPSA) is 105 Å². The summed E-state index contributed by atoms with van der Waals surface area (Å²) in [6, 6.07) is 6.07. The Labute approximate surface area is 122 Å². The first-order valence-corrected chi connectivity index (χ1v) is 7.53. The van der Waals surface area contributed by atoms with Crippen LogP contribution in [0.25, 0.3) is 0 Å². The predicted octanol–water partition coefficient (Wildman–Crippen LogP) is 0.913. The van der Waals surface area contributed by atoms with Gasteiger partial charge in [0.2, 0.25) is 5.89 Å². The van der Waals surface area contributed by atoms with Crippen LogP contribution in [0.4, 0.5) is 6.01 Å². The number of nitrogens with zero attached hydrogens (tertiary/aromatic N) is 2. The second-order valence-electron chi connectivity index (χ2n) is 4.00. The Morgan fingerprint density at radius 1 is 1.33 bits per heavy atom. The highest BCUT2D eigenvalue weighted by Crippen LogP contribution is 2.18. The molecule has 0 fully saturated rings. The van der Waals surface area contributed by atoms with E-state index >= 15 is 0 Å². The number of hydrogen-bond donors (Lipinski definition) is 2. The summed E-state index contributed by atoms with van der Waals surface area (Å²) in [4.78, 5) is 0.00583. The maximum Gasteiger partial charge on any atom is 0.329 e. The molecular formula is C13H13N3O4S. The zero-order valence-corrected chi connectivity index (χ0v) is 12.0. The van der Waals surface area contributed by atoms with Crippen LogP contribution in [-0.2, 0) is 10.0 Å². The number of hydrogen-bond acceptors (Lipinski definition) is 6. The Hall–Kier alpha value is -2.37. The Balaban J connectivity index is 2.34. The van der Waals surface area contributed by atoms with Crippen LogP contribution < -0.4 is 4.72 Å². The summed E-state index contributed by atoms with van der Waals surface area (Å²) in [7, 11) is -3.88. The van der Waals surface area contributed by atoms with Crippen LogP contribution in [-0.4, -0.2) is 30.3 Å². The van der Waals surface area contributed by atoms with Gasteiger partial charge in [-0.1, -0.05) is 29.1 Å². The Kier molecular flexibility index (Phi) is 4.57. The molecule has 0 spiro atoms. The molecule has 0 aliphatic heterocycles. The van der Waals surface area contributed by atoms with E-state index in [1.165, 1.54) is 6.07 Å². The van der Waals surface area contributed by atoms with Crippen LogP contribution in [0.3, 0.4) is 0 Å². The van der Waals surface area contributed by atoms with E-state index in [-0.39, 0.29) is 29.8 Å². The fourth-order valence-electron chi connectivity index (χ4n) is 1.53. The first-order chi connectivity index (χ1) is 10.0. The molecule has 0 saturated carbocycles. The third kappa shape index (κ3) is 3.81. The highest BCUT2D eigenvalue weighted by Gasteiger charge is 2.20. The molecule has 2 N–H and O–H groups in total. The zero-order chi connectivity index (χ0) is 15.3. The van der Waals surface area contributed by atoms with Crippen molar-refractivity contribution in [1.29, 1.82) is 0 Å². The molecule has 2 rings (SSSR count). The van der Waals surface area contributed by atoms with E-state index in [1.807, 2.05) is 0 Å². The number of aliphatic hydroxyl groups excluding tert-OH is 1. The van der Waals surface area contributed by atoms with Crippen molar-refractivity contribution in [2.75, 3.05) is 11.3 Å². The fourth-order valence-corrected chi connectivity index (χ4v) is 2.61. The largest absolute Gasteiger partial charge is 0.408 e. The summed E-state index contributed by atoms with van der Waals surface area (Å²) in [5, 5.41) is 15.8. The van der Waals surface area contributed by atoms with Crippen molar-refractivity contribution < 1.29 is 17.9 Å². The number of aryl methyl sites for hydroxylation is 1. The molecule has 0 amide bonds. The molecule has 7 nitrogen and oxygen atoms in total. The summed E-state index contributed by atoms with van der Waals surface area (Å²) in [6.07, 6.45) is 0.269. The molecule has 0 aliphatic rings. The molecule has 21 heavy (non-hydrogen) atoms. The first-order valence-electron chi connectivity index (χ1n) is 6.04. The van der Waals surface area contributed by atoms with Crippen LogP contribution in [0.15, 0.2) is 33.6 Å². The van der Waals surface area contributed by atoms with Crippen molar-refractivity contribution in [3.8, 4) is 11.8 Å². The lowest BCUT2D eigenvalue weighted by atomic mass is 10.2. The third-order valence-corrected chi connectivity index (χ3v) is 3.76. The molecular weight excluding hydrogens is 294 g/mol. The first kappa shape index (κ1) is 15.0. The van der Waals surface area contributed by atoms with Gasteiger partial charge in [0.25, 0.3) is 10.0 Å². The van der Waals surface area contributed by atoms with E-state index in [0.717, 1.165) is 0 Å². The van der Waals surface area contributed by atoms with Gasteiger partial charge in [0, 0.05) is 18.9 Å². The van der Waals surface area contributed by atoms with E-state index in [4.69, 9.17) is 9.52 Å². The fraction of sp³-hybridized carbons (Fsp3) is 0.231. The van der Waals surface area contributed by atoms with Gasteiger partial charge in [-0.25, -0.2) is 13.1 Å². The standard InChI is InChI=1S/C13H13N3O4S/c1-10-14-15-13(20-10)16-21(18,19)12-8-3-2-6-11(12)7-4-5-9-17/h2-3,6,8,17H,5,9H2,1H3,(H,15,16). The van der Waals surface area contributed by atoms with Gasteiger partial charge >= 0.3 is 6.01 Å². The normalized spacial score (nSPS) is 10.8. The van der Waals surface area contributed by atoms with Gasteiger partial charge in [0.15, 0.2) is 0 Å². The smallest absolute Gasteiger partial charge is 0.329 e. The number of anilines is 1. The van der Waals surface area contributed by atoms with E-state index < -0.39 is 10.0 Å². The molecule has 0 saturated heterocycles. The average molecular weight is 307 g/mol. The van der Waals surface area contributed by atoms with Gasteiger partial charge in [-0.05, 0) is 12.1 Å². The number of benzene rings is 1. The number of rotatable bonds is 4.